The summed E-state index contributed by atoms with van der Waals surface area (Å²) >= 11 is 0. The van der Waals surface area contributed by atoms with Gasteiger partial charge in [0.1, 0.15) is 11.9 Å². The monoisotopic (exact) mass is 386 g/mol. The van der Waals surface area contributed by atoms with E-state index in [4.69, 9.17) is 9.57 Å². The van der Waals surface area contributed by atoms with E-state index < -0.39 is 5.41 Å². The third-order valence-corrected chi connectivity index (χ3v) is 5.55. The van der Waals surface area contributed by atoms with Crippen molar-refractivity contribution in [3.63, 3.8) is 0 Å². The van der Waals surface area contributed by atoms with Gasteiger partial charge >= 0.3 is 5.97 Å². The van der Waals surface area contributed by atoms with Gasteiger partial charge in [0.05, 0.1) is 24.3 Å². The molecule has 1 aromatic carbocycles. The van der Waals surface area contributed by atoms with E-state index in [9.17, 15) is 9.59 Å². The lowest BCUT2D eigenvalue weighted by Gasteiger charge is -2.41. The van der Waals surface area contributed by atoms with Crippen molar-refractivity contribution in [2.24, 2.45) is 10.6 Å². The van der Waals surface area contributed by atoms with Crippen LogP contribution in [0.4, 0.5) is 0 Å². The molecule has 0 N–H and O–H groups in total. The Bertz CT molecular complexity index is 743. The van der Waals surface area contributed by atoms with Gasteiger partial charge in [0.25, 0.3) is 0 Å². The Kier molecular flexibility index (Phi) is 6.50. The molecule has 3 rings (SSSR count). The third kappa shape index (κ3) is 4.79. The number of esters is 1. The van der Waals surface area contributed by atoms with E-state index in [-0.39, 0.29) is 17.9 Å². The van der Waals surface area contributed by atoms with Gasteiger partial charge in [-0.05, 0) is 45.7 Å². The van der Waals surface area contributed by atoms with Crippen LogP contribution in [-0.4, -0.2) is 54.7 Å². The van der Waals surface area contributed by atoms with Crippen LogP contribution in [0, 0.1) is 12.3 Å². The second-order valence-electron chi connectivity index (χ2n) is 8.06. The molecule has 0 bridgehead atoms. The number of Topliss-reactive ketones (excluding diaryl/α,β-unsaturated/α-hetero) is 1. The highest BCUT2D eigenvalue weighted by molar-refractivity contribution is 6.01. The molecular formula is C22H30N2O4. The summed E-state index contributed by atoms with van der Waals surface area (Å²) in [5, 5.41) is 4.28. The van der Waals surface area contributed by atoms with Gasteiger partial charge < -0.3 is 9.57 Å². The first kappa shape index (κ1) is 20.5. The molecule has 2 aliphatic rings. The van der Waals surface area contributed by atoms with Crippen LogP contribution in [-0.2, 0) is 19.2 Å². The van der Waals surface area contributed by atoms with Gasteiger partial charge in [-0.2, -0.15) is 0 Å². The molecule has 6 heteroatoms. The number of likely N-dealkylation sites (tertiary alicyclic amines) is 1. The Labute approximate surface area is 166 Å². The summed E-state index contributed by atoms with van der Waals surface area (Å²) in [6.45, 7) is 7.55. The second kappa shape index (κ2) is 8.86. The van der Waals surface area contributed by atoms with E-state index in [1.165, 1.54) is 5.56 Å². The van der Waals surface area contributed by atoms with E-state index in [2.05, 4.69) is 41.2 Å². The van der Waals surface area contributed by atoms with Crippen molar-refractivity contribution in [1.29, 1.82) is 0 Å². The summed E-state index contributed by atoms with van der Waals surface area (Å²) in [5.41, 5.74) is 2.53. The van der Waals surface area contributed by atoms with E-state index in [1.54, 1.807) is 6.92 Å². The van der Waals surface area contributed by atoms with Crippen LogP contribution in [0.1, 0.15) is 50.7 Å². The van der Waals surface area contributed by atoms with Gasteiger partial charge in [0, 0.05) is 19.4 Å². The average Bonchev–Trinajstić information content (AvgIpc) is 3.10. The largest absolute Gasteiger partial charge is 0.466 e. The molecule has 0 saturated carbocycles. The molecule has 2 unspecified atom stereocenters. The van der Waals surface area contributed by atoms with Crippen LogP contribution in [0.2, 0.25) is 0 Å². The van der Waals surface area contributed by atoms with Gasteiger partial charge in [-0.25, -0.2) is 0 Å². The van der Waals surface area contributed by atoms with Crippen LogP contribution in [0.3, 0.4) is 0 Å². The maximum absolute atomic E-state index is 12.9. The first-order valence-corrected chi connectivity index (χ1v) is 10.1. The van der Waals surface area contributed by atoms with Gasteiger partial charge in [0.15, 0.2) is 0 Å². The molecule has 0 aliphatic carbocycles. The fourth-order valence-electron chi connectivity index (χ4n) is 4.27. The van der Waals surface area contributed by atoms with E-state index >= 15 is 0 Å². The lowest BCUT2D eigenvalue weighted by atomic mass is 9.74. The number of rotatable bonds is 7. The Morgan fingerprint density at radius 1 is 1.32 bits per heavy atom. The van der Waals surface area contributed by atoms with Crippen LogP contribution >= 0.6 is 0 Å². The molecular weight excluding hydrogens is 356 g/mol. The molecule has 6 nitrogen and oxygen atoms in total. The van der Waals surface area contributed by atoms with Gasteiger partial charge in [-0.1, -0.05) is 35.0 Å². The minimum absolute atomic E-state index is 0.113. The minimum Gasteiger partial charge on any atom is -0.466 e. The first-order chi connectivity index (χ1) is 13.4. The second-order valence-corrected chi connectivity index (χ2v) is 8.06. The van der Waals surface area contributed by atoms with Crippen molar-refractivity contribution in [3.8, 4) is 0 Å². The number of ketones is 1. The summed E-state index contributed by atoms with van der Waals surface area (Å²) in [4.78, 5) is 32.3. The molecule has 28 heavy (non-hydrogen) atoms. The van der Waals surface area contributed by atoms with Crippen LogP contribution in [0.25, 0.3) is 0 Å². The fourth-order valence-corrected chi connectivity index (χ4v) is 4.27. The number of aryl methyl sites for hydroxylation is 1. The Hall–Kier alpha value is -2.21. The van der Waals surface area contributed by atoms with Crippen molar-refractivity contribution in [2.45, 2.75) is 52.6 Å². The fraction of sp³-hybridized carbons (Fsp3) is 0.591. The Morgan fingerprint density at radius 3 is 2.75 bits per heavy atom. The maximum Gasteiger partial charge on any atom is 0.313 e. The molecule has 2 heterocycles. The highest BCUT2D eigenvalue weighted by atomic mass is 16.6. The molecule has 2 aliphatic heterocycles. The van der Waals surface area contributed by atoms with Crippen molar-refractivity contribution in [2.75, 3.05) is 26.2 Å². The topological polar surface area (TPSA) is 68.2 Å². The smallest absolute Gasteiger partial charge is 0.313 e. The van der Waals surface area contributed by atoms with Crippen molar-refractivity contribution in [1.82, 2.24) is 4.90 Å². The van der Waals surface area contributed by atoms with Crippen LogP contribution < -0.4 is 0 Å². The molecule has 1 fully saturated rings. The highest BCUT2D eigenvalue weighted by Gasteiger charge is 2.46. The summed E-state index contributed by atoms with van der Waals surface area (Å²) in [6, 6.07) is 8.23. The summed E-state index contributed by atoms with van der Waals surface area (Å²) in [6.07, 6.45) is 2.69. The zero-order valence-corrected chi connectivity index (χ0v) is 17.1. The first-order valence-electron chi connectivity index (χ1n) is 10.1. The maximum atomic E-state index is 12.9. The van der Waals surface area contributed by atoms with E-state index in [0.717, 1.165) is 30.7 Å². The van der Waals surface area contributed by atoms with Gasteiger partial charge in [-0.3, -0.25) is 14.5 Å². The predicted octanol–water partition coefficient (Wildman–Crippen LogP) is 3.11. The lowest BCUT2D eigenvalue weighted by Crippen LogP contribution is -2.51. The summed E-state index contributed by atoms with van der Waals surface area (Å²) in [7, 11) is 0. The number of hydrogen-bond acceptors (Lipinski definition) is 6. The number of piperidine rings is 1. The van der Waals surface area contributed by atoms with Gasteiger partial charge in [-0.15, -0.1) is 0 Å². The summed E-state index contributed by atoms with van der Waals surface area (Å²) < 4.78 is 5.43. The van der Waals surface area contributed by atoms with Crippen molar-refractivity contribution in [3.05, 3.63) is 35.4 Å². The standard InChI is InChI=1S/C22H30N2O4/c1-4-27-21(26)22(10-5-11-24(15-22)14-17(3)25)13-19-12-20(23-28-19)18-8-6-16(2)7-9-18/h6-9,19H,4-5,10-15H2,1-3H3. The molecule has 2 atom stereocenters. The summed E-state index contributed by atoms with van der Waals surface area (Å²) in [5.74, 6) is -0.0718. The molecule has 0 amide bonds. The van der Waals surface area contributed by atoms with Crippen LogP contribution in [0.15, 0.2) is 29.4 Å². The third-order valence-electron chi connectivity index (χ3n) is 5.55. The Morgan fingerprint density at radius 2 is 2.07 bits per heavy atom. The number of carbonyl (C=O) groups excluding carboxylic acids is 2. The van der Waals surface area contributed by atoms with E-state index in [1.807, 2.05) is 6.92 Å². The molecule has 152 valence electrons. The highest BCUT2D eigenvalue weighted by Crippen LogP contribution is 2.39. The zero-order valence-electron chi connectivity index (χ0n) is 17.1. The van der Waals surface area contributed by atoms with Crippen molar-refractivity contribution < 1.29 is 19.2 Å². The van der Waals surface area contributed by atoms with Crippen molar-refractivity contribution >= 4 is 17.5 Å². The van der Waals surface area contributed by atoms with Crippen LogP contribution in [0.5, 0.6) is 0 Å². The molecule has 1 saturated heterocycles. The van der Waals surface area contributed by atoms with Gasteiger partial charge in [0.2, 0.25) is 0 Å². The number of benzene rings is 1. The van der Waals surface area contributed by atoms with E-state index in [0.29, 0.717) is 32.5 Å². The quantitative estimate of drug-likeness (QED) is 0.674. The molecule has 0 spiro atoms. The zero-order chi connectivity index (χ0) is 20.1. The average molecular weight is 386 g/mol. The SMILES string of the molecule is CCOC(=O)C1(CC2CC(c3ccc(C)cc3)=NO2)CCCN(CC(C)=O)C1. The number of carbonyl (C=O) groups is 2. The normalized spacial score (nSPS) is 25.1. The number of hydrogen-bond donors (Lipinski definition) is 0. The number of ether oxygens (including phenoxy) is 1. The molecule has 0 radical (unpaired) electrons. The number of nitrogens with zero attached hydrogens (tertiary/aromatic N) is 2. The molecule has 0 aromatic heterocycles. The lowest BCUT2D eigenvalue weighted by molar-refractivity contribution is -0.162. The predicted molar refractivity (Wildman–Crippen MR) is 107 cm³/mol. The number of oxime groups is 1. The minimum atomic E-state index is -0.646. The molecule has 1 aromatic rings. The Balaban J connectivity index is 1.71.